The van der Waals surface area contributed by atoms with E-state index in [1.165, 1.54) is 5.56 Å². The van der Waals surface area contributed by atoms with E-state index < -0.39 is 0 Å². The van der Waals surface area contributed by atoms with Crippen molar-refractivity contribution >= 4 is 11.6 Å². The minimum absolute atomic E-state index is 0.00786. The summed E-state index contributed by atoms with van der Waals surface area (Å²) in [6.45, 7) is 1.97. The second-order valence-corrected chi connectivity index (χ2v) is 5.79. The molecule has 2 aromatic rings. The molecule has 0 fully saturated rings. The maximum absolute atomic E-state index is 6.14. The number of rotatable bonds is 3. The summed E-state index contributed by atoms with van der Waals surface area (Å²) in [5, 5.41) is 0.671. The van der Waals surface area contributed by atoms with Crippen LogP contribution in [0.4, 0.5) is 0 Å². The molecule has 110 valence electrons. The monoisotopic (exact) mass is 303 g/mol. The molecule has 0 saturated carbocycles. The molecular formula is C17H18ClNO2. The van der Waals surface area contributed by atoms with Gasteiger partial charge in [-0.05, 0) is 30.7 Å². The summed E-state index contributed by atoms with van der Waals surface area (Å²) in [6.07, 6.45) is 0.857. The highest BCUT2D eigenvalue weighted by Crippen LogP contribution is 2.43. The van der Waals surface area contributed by atoms with E-state index in [1.807, 2.05) is 37.3 Å². The minimum atomic E-state index is -0.00786. The maximum Gasteiger partial charge on any atom is 0.131 e. The van der Waals surface area contributed by atoms with Crippen LogP contribution in [0.1, 0.15) is 12.5 Å². The maximum atomic E-state index is 6.14. The summed E-state index contributed by atoms with van der Waals surface area (Å²) < 4.78 is 11.5. The second-order valence-electron chi connectivity index (χ2n) is 5.36. The molecule has 21 heavy (non-hydrogen) atoms. The highest BCUT2D eigenvalue weighted by Gasteiger charge is 2.28. The molecule has 0 saturated heterocycles. The zero-order valence-corrected chi connectivity index (χ0v) is 12.9. The van der Waals surface area contributed by atoms with E-state index in [-0.39, 0.29) is 12.1 Å². The third kappa shape index (κ3) is 2.59. The molecule has 2 N–H and O–H groups in total. The van der Waals surface area contributed by atoms with Crippen molar-refractivity contribution in [3.8, 4) is 22.6 Å². The molecule has 3 rings (SSSR count). The Labute approximate surface area is 129 Å². The largest absolute Gasteiger partial charge is 0.496 e. The molecule has 1 heterocycles. The SMILES string of the molecule is COc1ccc(Cl)cc1-c1cccc2c1OC(C(C)N)C2. The zero-order valence-electron chi connectivity index (χ0n) is 12.1. The summed E-state index contributed by atoms with van der Waals surface area (Å²) >= 11 is 6.14. The van der Waals surface area contributed by atoms with Crippen LogP contribution < -0.4 is 15.2 Å². The van der Waals surface area contributed by atoms with Crippen LogP contribution in [0.25, 0.3) is 11.1 Å². The van der Waals surface area contributed by atoms with E-state index in [0.717, 1.165) is 29.0 Å². The van der Waals surface area contributed by atoms with Gasteiger partial charge < -0.3 is 15.2 Å². The first kappa shape index (κ1) is 14.2. The smallest absolute Gasteiger partial charge is 0.131 e. The Hall–Kier alpha value is -1.71. The Kier molecular flexibility index (Phi) is 3.79. The van der Waals surface area contributed by atoms with Crippen LogP contribution in [0.15, 0.2) is 36.4 Å². The van der Waals surface area contributed by atoms with Crippen molar-refractivity contribution in [3.63, 3.8) is 0 Å². The number of fused-ring (bicyclic) bond motifs is 1. The molecule has 1 aliphatic rings. The van der Waals surface area contributed by atoms with Crippen molar-refractivity contribution in [3.05, 3.63) is 47.0 Å². The quantitative estimate of drug-likeness (QED) is 0.941. The van der Waals surface area contributed by atoms with Gasteiger partial charge in [-0.1, -0.05) is 29.8 Å². The molecule has 0 bridgehead atoms. The van der Waals surface area contributed by atoms with Crippen molar-refractivity contribution in [1.82, 2.24) is 0 Å². The normalized spacial score (nSPS) is 18.0. The molecule has 0 amide bonds. The van der Waals surface area contributed by atoms with Gasteiger partial charge in [0.2, 0.25) is 0 Å². The third-order valence-electron chi connectivity index (χ3n) is 3.83. The second kappa shape index (κ2) is 5.58. The van der Waals surface area contributed by atoms with E-state index in [0.29, 0.717) is 5.02 Å². The van der Waals surface area contributed by atoms with Gasteiger partial charge in [0.05, 0.1) is 7.11 Å². The van der Waals surface area contributed by atoms with E-state index in [4.69, 9.17) is 26.8 Å². The number of nitrogens with two attached hydrogens (primary N) is 1. The Morgan fingerprint density at radius 2 is 2.10 bits per heavy atom. The zero-order chi connectivity index (χ0) is 15.0. The fourth-order valence-electron chi connectivity index (χ4n) is 2.69. The lowest BCUT2D eigenvalue weighted by molar-refractivity contribution is 0.207. The Balaban J connectivity index is 2.10. The van der Waals surface area contributed by atoms with Crippen molar-refractivity contribution in [2.45, 2.75) is 25.5 Å². The number of hydrogen-bond acceptors (Lipinski definition) is 3. The van der Waals surface area contributed by atoms with E-state index in [9.17, 15) is 0 Å². The molecule has 0 radical (unpaired) electrons. The van der Waals surface area contributed by atoms with Crippen LogP contribution in [0.2, 0.25) is 5.02 Å². The van der Waals surface area contributed by atoms with Gasteiger partial charge in [-0.25, -0.2) is 0 Å². The Morgan fingerprint density at radius 3 is 2.81 bits per heavy atom. The molecule has 3 nitrogen and oxygen atoms in total. The number of benzene rings is 2. The summed E-state index contributed by atoms with van der Waals surface area (Å²) in [4.78, 5) is 0. The number of methoxy groups -OCH3 is 1. The highest BCUT2D eigenvalue weighted by atomic mass is 35.5. The number of halogens is 1. The lowest BCUT2D eigenvalue weighted by atomic mass is 9.99. The van der Waals surface area contributed by atoms with E-state index in [1.54, 1.807) is 7.11 Å². The lowest BCUT2D eigenvalue weighted by Gasteiger charge is -2.16. The minimum Gasteiger partial charge on any atom is -0.496 e. The molecule has 0 aliphatic carbocycles. The first-order chi connectivity index (χ1) is 10.1. The van der Waals surface area contributed by atoms with Gasteiger partial charge in [0.15, 0.2) is 0 Å². The standard InChI is InChI=1S/C17H18ClNO2/c1-10(19)16-8-11-4-3-5-13(17(11)21-16)14-9-12(18)6-7-15(14)20-2/h3-7,9-10,16H,8,19H2,1-2H3. The summed E-state index contributed by atoms with van der Waals surface area (Å²) in [7, 11) is 1.65. The number of para-hydroxylation sites is 1. The molecule has 0 spiro atoms. The van der Waals surface area contributed by atoms with E-state index >= 15 is 0 Å². The fourth-order valence-corrected chi connectivity index (χ4v) is 2.86. The first-order valence-electron chi connectivity index (χ1n) is 6.98. The number of ether oxygens (including phenoxy) is 2. The van der Waals surface area contributed by atoms with Gasteiger partial charge in [0.25, 0.3) is 0 Å². The molecule has 2 atom stereocenters. The van der Waals surface area contributed by atoms with Crippen LogP contribution in [0.3, 0.4) is 0 Å². The molecule has 2 aromatic carbocycles. The first-order valence-corrected chi connectivity index (χ1v) is 7.36. The lowest BCUT2D eigenvalue weighted by Crippen LogP contribution is -2.34. The summed E-state index contributed by atoms with van der Waals surface area (Å²) in [5.74, 6) is 1.67. The van der Waals surface area contributed by atoms with Gasteiger partial charge in [0.1, 0.15) is 17.6 Å². The molecule has 4 heteroatoms. The van der Waals surface area contributed by atoms with Crippen LogP contribution in [0, 0.1) is 0 Å². The van der Waals surface area contributed by atoms with Crippen LogP contribution >= 0.6 is 11.6 Å². The predicted molar refractivity (Wildman–Crippen MR) is 85.2 cm³/mol. The average Bonchev–Trinajstić information content (AvgIpc) is 2.91. The van der Waals surface area contributed by atoms with Gasteiger partial charge in [-0.2, -0.15) is 0 Å². The number of hydrogen-bond donors (Lipinski definition) is 1. The van der Waals surface area contributed by atoms with Crippen molar-refractivity contribution in [1.29, 1.82) is 0 Å². The Bertz CT molecular complexity index is 670. The highest BCUT2D eigenvalue weighted by molar-refractivity contribution is 6.31. The van der Waals surface area contributed by atoms with Gasteiger partial charge >= 0.3 is 0 Å². The summed E-state index contributed by atoms with van der Waals surface area (Å²) in [5.41, 5.74) is 9.09. The van der Waals surface area contributed by atoms with Crippen LogP contribution in [0.5, 0.6) is 11.5 Å². The van der Waals surface area contributed by atoms with Crippen LogP contribution in [-0.2, 0) is 6.42 Å². The molecule has 1 aliphatic heterocycles. The predicted octanol–water partition coefficient (Wildman–Crippen LogP) is 3.67. The van der Waals surface area contributed by atoms with Gasteiger partial charge in [0, 0.05) is 28.6 Å². The molecule has 0 aromatic heterocycles. The molecule has 2 unspecified atom stereocenters. The van der Waals surface area contributed by atoms with Crippen molar-refractivity contribution in [2.75, 3.05) is 7.11 Å². The Morgan fingerprint density at radius 1 is 1.29 bits per heavy atom. The van der Waals surface area contributed by atoms with Crippen LogP contribution in [-0.4, -0.2) is 19.3 Å². The average molecular weight is 304 g/mol. The van der Waals surface area contributed by atoms with E-state index in [2.05, 4.69) is 6.07 Å². The topological polar surface area (TPSA) is 44.5 Å². The fraction of sp³-hybridized carbons (Fsp3) is 0.294. The summed E-state index contributed by atoms with van der Waals surface area (Å²) in [6, 6.07) is 11.7. The molecular weight excluding hydrogens is 286 g/mol. The third-order valence-corrected chi connectivity index (χ3v) is 4.06. The van der Waals surface area contributed by atoms with Gasteiger partial charge in [-0.15, -0.1) is 0 Å². The van der Waals surface area contributed by atoms with Gasteiger partial charge in [-0.3, -0.25) is 0 Å². The van der Waals surface area contributed by atoms with Crippen molar-refractivity contribution in [2.24, 2.45) is 5.73 Å². The van der Waals surface area contributed by atoms with Crippen molar-refractivity contribution < 1.29 is 9.47 Å².